The molecule has 0 unspecified atom stereocenters. The summed E-state index contributed by atoms with van der Waals surface area (Å²) in [4.78, 5) is 21.0. The van der Waals surface area contributed by atoms with Crippen molar-refractivity contribution in [1.29, 1.82) is 0 Å². The summed E-state index contributed by atoms with van der Waals surface area (Å²) in [5.74, 6) is 1.26. The Morgan fingerprint density at radius 3 is 2.81 bits per heavy atom. The van der Waals surface area contributed by atoms with E-state index in [1.807, 2.05) is 24.3 Å². The van der Waals surface area contributed by atoms with Crippen molar-refractivity contribution < 1.29 is 14.6 Å². The Morgan fingerprint density at radius 1 is 1.26 bits per heavy atom. The second-order valence-electron chi connectivity index (χ2n) is 6.41. The van der Waals surface area contributed by atoms with E-state index < -0.39 is 6.09 Å². The molecule has 1 amide bonds. The van der Waals surface area contributed by atoms with E-state index in [0.717, 1.165) is 35.6 Å². The number of imidazole rings is 1. The highest BCUT2D eigenvalue weighted by Crippen LogP contribution is 2.24. The number of ether oxygens (including phenoxy) is 1. The smallest absolute Gasteiger partial charge is 0.407 e. The lowest BCUT2D eigenvalue weighted by Crippen LogP contribution is -2.41. The van der Waals surface area contributed by atoms with Crippen LogP contribution in [-0.2, 0) is 0 Å². The van der Waals surface area contributed by atoms with Gasteiger partial charge < -0.3 is 20.1 Å². The van der Waals surface area contributed by atoms with Gasteiger partial charge in [-0.1, -0.05) is 0 Å². The molecule has 1 aliphatic heterocycles. The van der Waals surface area contributed by atoms with Gasteiger partial charge >= 0.3 is 6.09 Å². The standard InChI is InChI=1S/C18H20N6O3/c1-27-17-10-12(4-7-19-17)14-11-20-16-3-2-15(22-24(14)16)21-13-5-8-23(9-6-13)18(25)26/h2-4,7,10-11,13H,5-6,8-9H2,1H3,(H,21,22)(H,25,26). The maximum Gasteiger partial charge on any atom is 0.407 e. The van der Waals surface area contributed by atoms with Crippen LogP contribution in [0.25, 0.3) is 16.9 Å². The summed E-state index contributed by atoms with van der Waals surface area (Å²) in [5.41, 5.74) is 2.50. The predicted molar refractivity (Wildman–Crippen MR) is 99.0 cm³/mol. The highest BCUT2D eigenvalue weighted by molar-refractivity contribution is 5.65. The van der Waals surface area contributed by atoms with Crippen LogP contribution >= 0.6 is 0 Å². The molecular weight excluding hydrogens is 348 g/mol. The molecular formula is C18H20N6O3. The summed E-state index contributed by atoms with van der Waals surface area (Å²) >= 11 is 0. The molecule has 0 saturated carbocycles. The molecule has 0 aromatic carbocycles. The first kappa shape index (κ1) is 17.1. The minimum Gasteiger partial charge on any atom is -0.481 e. The van der Waals surface area contributed by atoms with E-state index in [-0.39, 0.29) is 6.04 Å². The number of anilines is 1. The van der Waals surface area contributed by atoms with Crippen LogP contribution in [0.2, 0.25) is 0 Å². The van der Waals surface area contributed by atoms with Crippen molar-refractivity contribution in [2.24, 2.45) is 0 Å². The van der Waals surface area contributed by atoms with Gasteiger partial charge in [0.25, 0.3) is 0 Å². The van der Waals surface area contributed by atoms with E-state index >= 15 is 0 Å². The van der Waals surface area contributed by atoms with Crippen molar-refractivity contribution in [3.63, 3.8) is 0 Å². The number of rotatable bonds is 4. The number of likely N-dealkylation sites (tertiary alicyclic amines) is 1. The van der Waals surface area contributed by atoms with Crippen LogP contribution in [0.1, 0.15) is 12.8 Å². The highest BCUT2D eigenvalue weighted by Gasteiger charge is 2.22. The average molecular weight is 368 g/mol. The monoisotopic (exact) mass is 368 g/mol. The fourth-order valence-electron chi connectivity index (χ4n) is 3.25. The lowest BCUT2D eigenvalue weighted by molar-refractivity contribution is 0.133. The van der Waals surface area contributed by atoms with Crippen molar-refractivity contribution in [2.75, 3.05) is 25.5 Å². The van der Waals surface area contributed by atoms with Gasteiger partial charge in [-0.15, -0.1) is 5.10 Å². The maximum atomic E-state index is 11.0. The Hall–Kier alpha value is -3.36. The molecule has 9 heteroatoms. The van der Waals surface area contributed by atoms with Crippen LogP contribution in [-0.4, -0.2) is 61.9 Å². The first-order valence-corrected chi connectivity index (χ1v) is 8.73. The number of methoxy groups -OCH3 is 1. The zero-order valence-corrected chi connectivity index (χ0v) is 14.9. The number of carboxylic acid groups (broad SMARTS) is 1. The summed E-state index contributed by atoms with van der Waals surface area (Å²) in [7, 11) is 1.58. The number of fused-ring (bicyclic) bond motifs is 1. The molecule has 4 heterocycles. The summed E-state index contributed by atoms with van der Waals surface area (Å²) in [6.07, 6.45) is 4.11. The van der Waals surface area contributed by atoms with Gasteiger partial charge in [0.1, 0.15) is 5.82 Å². The van der Waals surface area contributed by atoms with Crippen LogP contribution in [0.3, 0.4) is 0 Å². The molecule has 140 valence electrons. The van der Waals surface area contributed by atoms with Crippen LogP contribution in [0, 0.1) is 0 Å². The van der Waals surface area contributed by atoms with Crippen molar-refractivity contribution in [3.05, 3.63) is 36.7 Å². The van der Waals surface area contributed by atoms with Gasteiger partial charge in [-0.25, -0.2) is 19.3 Å². The number of nitrogens with zero attached hydrogens (tertiary/aromatic N) is 5. The largest absolute Gasteiger partial charge is 0.481 e. The fourth-order valence-corrected chi connectivity index (χ4v) is 3.25. The normalized spacial score (nSPS) is 15.1. The third-order valence-corrected chi connectivity index (χ3v) is 4.72. The molecule has 0 radical (unpaired) electrons. The Morgan fingerprint density at radius 2 is 2.07 bits per heavy atom. The molecule has 27 heavy (non-hydrogen) atoms. The molecule has 1 fully saturated rings. The lowest BCUT2D eigenvalue weighted by atomic mass is 10.1. The number of aromatic nitrogens is 4. The van der Waals surface area contributed by atoms with Crippen molar-refractivity contribution >= 4 is 17.6 Å². The van der Waals surface area contributed by atoms with Gasteiger partial charge in [-0.2, -0.15) is 0 Å². The summed E-state index contributed by atoms with van der Waals surface area (Å²) in [6, 6.07) is 7.72. The summed E-state index contributed by atoms with van der Waals surface area (Å²) in [6.45, 7) is 1.06. The quantitative estimate of drug-likeness (QED) is 0.728. The second kappa shape index (κ2) is 7.10. The van der Waals surface area contributed by atoms with Crippen molar-refractivity contribution in [1.82, 2.24) is 24.5 Å². The lowest BCUT2D eigenvalue weighted by Gasteiger charge is -2.30. The molecule has 3 aromatic rings. The Kier molecular flexibility index (Phi) is 4.49. The maximum absolute atomic E-state index is 11.0. The summed E-state index contributed by atoms with van der Waals surface area (Å²) < 4.78 is 6.98. The molecule has 0 spiro atoms. The predicted octanol–water partition coefficient (Wildman–Crippen LogP) is 2.35. The zero-order valence-electron chi connectivity index (χ0n) is 14.9. The molecule has 9 nitrogen and oxygen atoms in total. The van der Waals surface area contributed by atoms with E-state index in [2.05, 4.69) is 20.4 Å². The van der Waals surface area contributed by atoms with Gasteiger partial charge in [0.05, 0.1) is 19.0 Å². The molecule has 3 aromatic heterocycles. The minimum absolute atomic E-state index is 0.193. The first-order chi connectivity index (χ1) is 13.1. The van der Waals surface area contributed by atoms with Crippen LogP contribution in [0.5, 0.6) is 5.88 Å². The zero-order chi connectivity index (χ0) is 18.8. The first-order valence-electron chi connectivity index (χ1n) is 8.73. The van der Waals surface area contributed by atoms with Crippen molar-refractivity contribution in [3.8, 4) is 17.1 Å². The molecule has 2 N–H and O–H groups in total. The number of amides is 1. The number of pyridine rings is 1. The fraction of sp³-hybridized carbons (Fsp3) is 0.333. The van der Waals surface area contributed by atoms with Gasteiger partial charge in [0.2, 0.25) is 5.88 Å². The van der Waals surface area contributed by atoms with Gasteiger partial charge in [0, 0.05) is 37.0 Å². The Bertz CT molecular complexity index is 965. The molecule has 0 bridgehead atoms. The molecule has 0 aliphatic carbocycles. The van der Waals surface area contributed by atoms with Gasteiger partial charge in [0.15, 0.2) is 5.65 Å². The van der Waals surface area contributed by atoms with E-state index in [1.165, 1.54) is 4.90 Å². The van der Waals surface area contributed by atoms with Gasteiger partial charge in [-0.05, 0) is 31.0 Å². The van der Waals surface area contributed by atoms with E-state index in [9.17, 15) is 4.79 Å². The van der Waals surface area contributed by atoms with Crippen LogP contribution in [0.4, 0.5) is 10.6 Å². The van der Waals surface area contributed by atoms with Gasteiger partial charge in [-0.3, -0.25) is 0 Å². The number of hydrogen-bond acceptors (Lipinski definition) is 6. The third kappa shape index (κ3) is 3.48. The number of carbonyl (C=O) groups is 1. The van der Waals surface area contributed by atoms with E-state index in [1.54, 1.807) is 24.0 Å². The number of piperidine rings is 1. The second-order valence-corrected chi connectivity index (χ2v) is 6.41. The third-order valence-electron chi connectivity index (χ3n) is 4.72. The Balaban J connectivity index is 1.56. The number of hydrogen-bond donors (Lipinski definition) is 2. The SMILES string of the molecule is COc1cc(-c2cnc3ccc(NC4CCN(C(=O)O)CC4)nn23)ccn1. The summed E-state index contributed by atoms with van der Waals surface area (Å²) in [5, 5.41) is 17.1. The molecule has 4 rings (SSSR count). The molecule has 0 atom stereocenters. The van der Waals surface area contributed by atoms with E-state index in [0.29, 0.717) is 19.0 Å². The van der Waals surface area contributed by atoms with E-state index in [4.69, 9.17) is 9.84 Å². The topological polar surface area (TPSA) is 105 Å². The highest BCUT2D eigenvalue weighted by atomic mass is 16.5. The van der Waals surface area contributed by atoms with Crippen LogP contribution < -0.4 is 10.1 Å². The minimum atomic E-state index is -0.858. The van der Waals surface area contributed by atoms with Crippen LogP contribution in [0.15, 0.2) is 36.7 Å². The molecule has 1 aliphatic rings. The molecule has 1 saturated heterocycles. The van der Waals surface area contributed by atoms with Crippen molar-refractivity contribution in [2.45, 2.75) is 18.9 Å². The average Bonchev–Trinajstić information content (AvgIpc) is 3.12. The number of nitrogens with one attached hydrogen (secondary N) is 1. The Labute approximate surface area is 155 Å².